The first-order valence-electron chi connectivity index (χ1n) is 4.71. The van der Waals surface area contributed by atoms with Crippen LogP contribution in [0.25, 0.3) is 0 Å². The summed E-state index contributed by atoms with van der Waals surface area (Å²) in [5.74, 6) is 0.940. The molecule has 0 bridgehead atoms. The first-order valence-corrected chi connectivity index (χ1v) is 4.71. The minimum atomic E-state index is 0.249. The molecule has 1 unspecified atom stereocenters. The molecular weight excluding hydrogens is 167 g/mol. The predicted molar refractivity (Wildman–Crippen MR) is 51.2 cm³/mol. The number of rotatable bonds is 5. The van der Waals surface area contributed by atoms with E-state index >= 15 is 0 Å². The fraction of sp³-hybridized carbons (Fsp3) is 0.875. The molecule has 0 amide bonds. The number of hydrogen-bond acceptors (Lipinski definition) is 3. The van der Waals surface area contributed by atoms with E-state index in [2.05, 4.69) is 10.3 Å². The average Bonchev–Trinajstić information content (AvgIpc) is 2.59. The molecular formula is C8H15BN2O2. The Hall–Kier alpha value is -0.705. The number of aliphatic hydroxyl groups excluding tert-OH is 1. The number of amidine groups is 1. The van der Waals surface area contributed by atoms with Crippen molar-refractivity contribution >= 4 is 13.0 Å². The van der Waals surface area contributed by atoms with E-state index in [1.165, 1.54) is 0 Å². The van der Waals surface area contributed by atoms with Gasteiger partial charge in [-0.25, -0.2) is 0 Å². The maximum atomic E-state index is 10.0. The van der Waals surface area contributed by atoms with Crippen molar-refractivity contribution in [3.63, 3.8) is 0 Å². The molecule has 1 aliphatic heterocycles. The Balaban J connectivity index is 2.23. The van der Waals surface area contributed by atoms with Gasteiger partial charge < -0.3 is 0 Å². The summed E-state index contributed by atoms with van der Waals surface area (Å²) in [6.07, 6.45) is 4.08. The second kappa shape index (κ2) is 5.86. The summed E-state index contributed by atoms with van der Waals surface area (Å²) in [6, 6.07) is 0.442. The Labute approximate surface area is 78.7 Å². The van der Waals surface area contributed by atoms with Crippen LogP contribution in [0.3, 0.4) is 0 Å². The summed E-state index contributed by atoms with van der Waals surface area (Å²) in [6.45, 7) is 0.249. The van der Waals surface area contributed by atoms with Crippen molar-refractivity contribution in [2.24, 2.45) is 4.99 Å². The first kappa shape index (κ1) is 10.4. The molecule has 0 aromatic rings. The van der Waals surface area contributed by atoms with Crippen molar-refractivity contribution in [1.29, 1.82) is 0 Å². The van der Waals surface area contributed by atoms with Crippen molar-refractivity contribution in [3.8, 4) is 0 Å². The second-order valence-corrected chi connectivity index (χ2v) is 3.20. The van der Waals surface area contributed by atoms with Gasteiger partial charge in [0.05, 0.1) is 0 Å². The molecule has 1 heterocycles. The monoisotopic (exact) mass is 182 g/mol. The van der Waals surface area contributed by atoms with Gasteiger partial charge in [0.1, 0.15) is 0 Å². The molecule has 1 aliphatic rings. The van der Waals surface area contributed by atoms with E-state index < -0.39 is 0 Å². The van der Waals surface area contributed by atoms with Gasteiger partial charge in [-0.1, -0.05) is 0 Å². The number of hydrogen-bond donors (Lipinski definition) is 2. The Bertz CT molecular complexity index is 197. The van der Waals surface area contributed by atoms with Gasteiger partial charge in [-0.3, -0.25) is 0 Å². The molecule has 0 saturated carbocycles. The van der Waals surface area contributed by atoms with Crippen molar-refractivity contribution in [1.82, 2.24) is 5.32 Å². The van der Waals surface area contributed by atoms with Crippen LogP contribution < -0.4 is 5.32 Å². The second-order valence-electron chi connectivity index (χ2n) is 3.20. The van der Waals surface area contributed by atoms with Crippen LogP contribution in [0.5, 0.6) is 0 Å². The molecule has 1 fully saturated rings. The van der Waals surface area contributed by atoms with Gasteiger partial charge >= 0.3 is 77.9 Å². The minimum absolute atomic E-state index is 0.249. The van der Waals surface area contributed by atoms with Gasteiger partial charge in [0.25, 0.3) is 0 Å². The average molecular weight is 182 g/mol. The van der Waals surface area contributed by atoms with E-state index in [0.717, 1.165) is 38.7 Å². The summed E-state index contributed by atoms with van der Waals surface area (Å²) in [5.41, 5.74) is 0. The van der Waals surface area contributed by atoms with Gasteiger partial charge in [0, 0.05) is 0 Å². The molecule has 4 nitrogen and oxygen atoms in total. The molecule has 0 radical (unpaired) electrons. The molecule has 0 aromatic carbocycles. The summed E-state index contributed by atoms with van der Waals surface area (Å²) in [4.78, 5) is 4.07. The van der Waals surface area contributed by atoms with Crippen LogP contribution in [0, 0.1) is 0 Å². The van der Waals surface area contributed by atoms with E-state index in [4.69, 9.17) is 5.11 Å². The van der Waals surface area contributed by atoms with Crippen molar-refractivity contribution in [2.45, 2.75) is 31.7 Å². The van der Waals surface area contributed by atoms with Crippen molar-refractivity contribution in [2.75, 3.05) is 13.1 Å². The zero-order chi connectivity index (χ0) is 9.52. The molecule has 72 valence electrons. The molecule has 2 N–H and O–H groups in total. The summed E-state index contributed by atoms with van der Waals surface area (Å²) in [5, 5.41) is 11.9. The third kappa shape index (κ3) is 3.68. The van der Waals surface area contributed by atoms with Crippen molar-refractivity contribution in [3.05, 3.63) is 0 Å². The third-order valence-electron chi connectivity index (χ3n) is 2.17. The molecule has 0 spiro atoms. The van der Waals surface area contributed by atoms with E-state index in [9.17, 15) is 4.70 Å². The first-order chi connectivity index (χ1) is 6.36. The normalized spacial score (nSPS) is 24.4. The van der Waals surface area contributed by atoms with E-state index in [0.29, 0.717) is 6.04 Å². The predicted octanol–water partition coefficient (Wildman–Crippen LogP) is -0.0834. The van der Waals surface area contributed by atoms with Crippen LogP contribution in [0.4, 0.5) is 0 Å². The zero-order valence-electron chi connectivity index (χ0n) is 7.70. The van der Waals surface area contributed by atoms with Crippen LogP contribution in [0.1, 0.15) is 25.7 Å². The summed E-state index contributed by atoms with van der Waals surface area (Å²) in [7, 11) is 0.801. The Morgan fingerprint density at radius 2 is 2.54 bits per heavy atom. The molecule has 1 saturated heterocycles. The molecule has 13 heavy (non-hydrogen) atoms. The van der Waals surface area contributed by atoms with Crippen molar-refractivity contribution < 1.29 is 9.81 Å². The van der Waals surface area contributed by atoms with E-state index in [1.807, 2.05) is 0 Å². The molecule has 0 aromatic heterocycles. The van der Waals surface area contributed by atoms with Crippen LogP contribution in [0.15, 0.2) is 4.99 Å². The molecule has 1 rings (SSSR count). The van der Waals surface area contributed by atoms with Gasteiger partial charge in [0.2, 0.25) is 0 Å². The van der Waals surface area contributed by atoms with Gasteiger partial charge in [-0.05, 0) is 0 Å². The van der Waals surface area contributed by atoms with Crippen LogP contribution in [-0.2, 0) is 4.70 Å². The number of nitrogens with zero attached hydrogens (tertiary/aromatic N) is 1. The maximum absolute atomic E-state index is 10.0. The quantitative estimate of drug-likeness (QED) is 0.584. The Morgan fingerprint density at radius 3 is 3.23 bits per heavy atom. The standard InChI is InChI=1S/C8H15BN2O2/c12-5-1-2-7-3-4-8(11-7)10-6-9-13/h7,12H,1-6H2,(H,10,11). The van der Waals surface area contributed by atoms with Crippen LogP contribution >= 0.6 is 0 Å². The van der Waals surface area contributed by atoms with Gasteiger partial charge in [-0.15, -0.1) is 0 Å². The Kier molecular flexibility index (Phi) is 4.68. The Morgan fingerprint density at radius 1 is 1.69 bits per heavy atom. The third-order valence-corrected chi connectivity index (χ3v) is 2.17. The fourth-order valence-corrected chi connectivity index (χ4v) is 1.52. The molecule has 1 atom stereocenters. The van der Waals surface area contributed by atoms with Crippen LogP contribution in [-0.4, -0.2) is 37.2 Å². The molecule has 0 aliphatic carbocycles. The SMILES string of the molecule is O=BCN=C1CCC(CCCO)N1. The van der Waals surface area contributed by atoms with Gasteiger partial charge in [0.15, 0.2) is 0 Å². The zero-order valence-corrected chi connectivity index (χ0v) is 7.70. The number of aliphatic imine (C=N–C) groups is 1. The van der Waals surface area contributed by atoms with E-state index in [-0.39, 0.29) is 13.1 Å². The topological polar surface area (TPSA) is 61.7 Å². The number of nitrogens with one attached hydrogen (secondary N) is 1. The van der Waals surface area contributed by atoms with Crippen LogP contribution in [0.2, 0.25) is 0 Å². The summed E-state index contributed by atoms with van der Waals surface area (Å²) < 4.78 is 10.0. The molecule has 5 heteroatoms. The number of aliphatic hydroxyl groups is 1. The summed E-state index contributed by atoms with van der Waals surface area (Å²) >= 11 is 0. The fourth-order valence-electron chi connectivity index (χ4n) is 1.52. The van der Waals surface area contributed by atoms with E-state index in [1.54, 1.807) is 0 Å². The van der Waals surface area contributed by atoms with Gasteiger partial charge in [-0.2, -0.15) is 0 Å².